The number of hydrogen-bond donors (Lipinski definition) is 0. The molecule has 6 rings (SSSR count). The second kappa shape index (κ2) is 12.9. The molecule has 0 atom stereocenters. The molecule has 1 fully saturated rings. The molecule has 1 aromatic heterocycles. The Morgan fingerprint density at radius 1 is 0.778 bits per heavy atom. The minimum Gasteiger partial charge on any atom is -0.493 e. The molecule has 5 aromatic rings. The minimum absolute atomic E-state index is 0.000300. The van der Waals surface area contributed by atoms with Gasteiger partial charge in [-0.05, 0) is 52.9 Å². The molecule has 0 spiro atoms. The van der Waals surface area contributed by atoms with Crippen LogP contribution in [0.5, 0.6) is 11.5 Å². The molecule has 0 N–H and O–H groups in total. The third-order valence-electron chi connectivity index (χ3n) is 8.28. The number of thiophene rings is 1. The summed E-state index contributed by atoms with van der Waals surface area (Å²) in [7, 11) is 0.607. The van der Waals surface area contributed by atoms with E-state index in [1.54, 1.807) is 12.1 Å². The first kappa shape index (κ1) is 30.6. The molecule has 0 saturated carbocycles. The van der Waals surface area contributed by atoms with Crippen LogP contribution in [-0.4, -0.2) is 71.6 Å². The van der Waals surface area contributed by atoms with E-state index in [1.165, 1.54) is 60.2 Å². The average Bonchev–Trinajstić information content (AvgIpc) is 3.52. The van der Waals surface area contributed by atoms with Crippen molar-refractivity contribution in [3.63, 3.8) is 0 Å². The first-order chi connectivity index (χ1) is 21.8. The number of piperazine rings is 1. The summed E-state index contributed by atoms with van der Waals surface area (Å²) < 4.78 is 39.7. The first-order valence-corrected chi connectivity index (χ1v) is 16.9. The maximum Gasteiger partial charge on any atom is 0.264 e. The number of benzene rings is 4. The van der Waals surface area contributed by atoms with Crippen LogP contribution < -0.4 is 13.8 Å². The zero-order valence-corrected chi connectivity index (χ0v) is 27.1. The summed E-state index contributed by atoms with van der Waals surface area (Å²) >= 11 is 1.43. The number of sulfonamides is 1. The van der Waals surface area contributed by atoms with Crippen molar-refractivity contribution in [2.24, 2.45) is 0 Å². The summed E-state index contributed by atoms with van der Waals surface area (Å²) in [5.41, 5.74) is 2.97. The van der Waals surface area contributed by atoms with Gasteiger partial charge >= 0.3 is 0 Å². The summed E-state index contributed by atoms with van der Waals surface area (Å²) in [6.07, 6.45) is 0. The molecule has 232 valence electrons. The van der Waals surface area contributed by atoms with Gasteiger partial charge in [-0.1, -0.05) is 60.7 Å². The van der Waals surface area contributed by atoms with Gasteiger partial charge in [0.25, 0.3) is 15.9 Å². The number of carbonyl (C=O) groups is 1. The van der Waals surface area contributed by atoms with Crippen LogP contribution in [0.2, 0.25) is 0 Å². The quantitative estimate of drug-likeness (QED) is 0.188. The molecule has 0 unspecified atom stereocenters. The topological polar surface area (TPSA) is 79.4 Å². The maximum absolute atomic E-state index is 13.7. The average molecular weight is 642 g/mol. The number of hydrogen-bond acceptors (Lipinski definition) is 7. The zero-order chi connectivity index (χ0) is 31.6. The van der Waals surface area contributed by atoms with Crippen LogP contribution >= 0.6 is 11.3 Å². The Morgan fingerprint density at radius 2 is 1.40 bits per heavy atom. The number of carbonyl (C=O) groups excluding carboxylic acids is 1. The summed E-state index contributed by atoms with van der Waals surface area (Å²) in [6.45, 7) is 2.77. The molecule has 8 nitrogen and oxygen atoms in total. The molecule has 1 saturated heterocycles. The van der Waals surface area contributed by atoms with Gasteiger partial charge in [0, 0.05) is 44.0 Å². The molecule has 10 heteroatoms. The van der Waals surface area contributed by atoms with Crippen molar-refractivity contribution >= 4 is 43.0 Å². The van der Waals surface area contributed by atoms with Crippen molar-refractivity contribution in [2.45, 2.75) is 10.9 Å². The Kier molecular flexibility index (Phi) is 8.80. The molecule has 2 heterocycles. The highest BCUT2D eigenvalue weighted by atomic mass is 32.2. The molecular weight excluding hydrogens is 607 g/mol. The molecule has 4 aromatic carbocycles. The number of methoxy groups -OCH3 is 2. The lowest BCUT2D eigenvalue weighted by molar-refractivity contribution is 0.0602. The van der Waals surface area contributed by atoms with E-state index in [9.17, 15) is 13.2 Å². The van der Waals surface area contributed by atoms with E-state index in [0.29, 0.717) is 35.2 Å². The third kappa shape index (κ3) is 6.13. The second-order valence-electron chi connectivity index (χ2n) is 10.9. The lowest BCUT2D eigenvalue weighted by atomic mass is 9.96. The van der Waals surface area contributed by atoms with Crippen LogP contribution in [0.1, 0.15) is 26.8 Å². The Morgan fingerprint density at radius 3 is 2.00 bits per heavy atom. The van der Waals surface area contributed by atoms with Crippen molar-refractivity contribution in [2.75, 3.05) is 51.8 Å². The smallest absolute Gasteiger partial charge is 0.264 e. The highest BCUT2D eigenvalue weighted by Crippen LogP contribution is 2.35. The standard InChI is InChI=1S/C35H35N3O5S2/c1-36(45(40,41)29-15-16-30(42-2)31(24-29)43-3)28-14-17-32-27(22-28)23-33(44-32)35(39)38-20-18-37(19-21-38)34(25-10-6-4-7-11-25)26-12-8-5-9-13-26/h4-17,22-24,34H,18-21H2,1-3H3. The third-order valence-corrected chi connectivity index (χ3v) is 11.2. The van der Waals surface area contributed by atoms with Crippen LogP contribution in [-0.2, 0) is 10.0 Å². The van der Waals surface area contributed by atoms with Crippen molar-refractivity contribution in [3.05, 3.63) is 119 Å². The molecule has 0 radical (unpaired) electrons. The SMILES string of the molecule is COc1ccc(S(=O)(=O)N(C)c2ccc3sc(C(=O)N4CCN(C(c5ccccc5)c5ccccc5)CC4)cc3c2)cc1OC. The lowest BCUT2D eigenvalue weighted by Crippen LogP contribution is -2.49. The van der Waals surface area contributed by atoms with E-state index in [-0.39, 0.29) is 16.8 Å². The van der Waals surface area contributed by atoms with E-state index >= 15 is 0 Å². The van der Waals surface area contributed by atoms with E-state index in [0.717, 1.165) is 23.2 Å². The number of ether oxygens (including phenoxy) is 2. The molecular formula is C35H35N3O5S2. The number of nitrogens with zero attached hydrogens (tertiary/aromatic N) is 3. The number of rotatable bonds is 9. The highest BCUT2D eigenvalue weighted by Gasteiger charge is 2.29. The lowest BCUT2D eigenvalue weighted by Gasteiger charge is -2.39. The fourth-order valence-corrected chi connectivity index (χ4v) is 8.04. The van der Waals surface area contributed by atoms with E-state index in [4.69, 9.17) is 9.47 Å². The minimum atomic E-state index is -3.88. The van der Waals surface area contributed by atoms with Gasteiger partial charge in [-0.3, -0.25) is 14.0 Å². The Labute approximate surface area is 268 Å². The highest BCUT2D eigenvalue weighted by molar-refractivity contribution is 7.92. The Bertz CT molecular complexity index is 1860. The molecule has 0 bridgehead atoms. The summed E-state index contributed by atoms with van der Waals surface area (Å²) in [4.78, 5) is 18.7. The van der Waals surface area contributed by atoms with E-state index in [1.807, 2.05) is 35.2 Å². The van der Waals surface area contributed by atoms with Crippen LogP contribution in [0, 0.1) is 0 Å². The van der Waals surface area contributed by atoms with Crippen molar-refractivity contribution in [1.82, 2.24) is 9.80 Å². The Balaban J connectivity index is 1.18. The fraction of sp³-hybridized carbons (Fsp3) is 0.229. The van der Waals surface area contributed by atoms with E-state index in [2.05, 4.69) is 53.4 Å². The molecule has 0 aliphatic carbocycles. The zero-order valence-electron chi connectivity index (χ0n) is 25.4. The van der Waals surface area contributed by atoms with E-state index < -0.39 is 10.0 Å². The number of fused-ring (bicyclic) bond motifs is 1. The van der Waals surface area contributed by atoms with Crippen molar-refractivity contribution in [3.8, 4) is 11.5 Å². The van der Waals surface area contributed by atoms with Gasteiger partial charge in [0.15, 0.2) is 11.5 Å². The van der Waals surface area contributed by atoms with Crippen LogP contribution in [0.4, 0.5) is 5.69 Å². The van der Waals surface area contributed by atoms with Gasteiger partial charge in [-0.15, -0.1) is 11.3 Å². The second-order valence-corrected chi connectivity index (χ2v) is 13.9. The largest absolute Gasteiger partial charge is 0.493 e. The Hall–Kier alpha value is -4.38. The monoisotopic (exact) mass is 641 g/mol. The van der Waals surface area contributed by atoms with Crippen molar-refractivity contribution in [1.29, 1.82) is 0 Å². The normalized spacial score (nSPS) is 14.1. The van der Waals surface area contributed by atoms with Gasteiger partial charge in [-0.2, -0.15) is 0 Å². The van der Waals surface area contributed by atoms with Gasteiger partial charge in [0.1, 0.15) is 0 Å². The molecule has 1 amide bonds. The summed E-state index contributed by atoms with van der Waals surface area (Å²) in [5, 5.41) is 0.821. The van der Waals surface area contributed by atoms with Crippen LogP contribution in [0.3, 0.4) is 0 Å². The summed E-state index contributed by atoms with van der Waals surface area (Å²) in [5.74, 6) is 0.782. The summed E-state index contributed by atoms with van der Waals surface area (Å²) in [6, 6.07) is 33.0. The molecule has 45 heavy (non-hydrogen) atoms. The maximum atomic E-state index is 13.7. The van der Waals surface area contributed by atoms with Crippen LogP contribution in [0.25, 0.3) is 10.1 Å². The van der Waals surface area contributed by atoms with Gasteiger partial charge in [-0.25, -0.2) is 8.42 Å². The predicted molar refractivity (Wildman–Crippen MR) is 179 cm³/mol. The van der Waals surface area contributed by atoms with Gasteiger partial charge < -0.3 is 14.4 Å². The number of anilines is 1. The van der Waals surface area contributed by atoms with Gasteiger partial charge in [0.05, 0.1) is 35.7 Å². The molecule has 1 aliphatic rings. The fourth-order valence-electron chi connectivity index (χ4n) is 5.83. The number of amides is 1. The van der Waals surface area contributed by atoms with Gasteiger partial charge in [0.2, 0.25) is 0 Å². The first-order valence-electron chi connectivity index (χ1n) is 14.7. The van der Waals surface area contributed by atoms with Crippen LogP contribution in [0.15, 0.2) is 108 Å². The molecule has 1 aliphatic heterocycles. The van der Waals surface area contributed by atoms with Crippen molar-refractivity contribution < 1.29 is 22.7 Å². The predicted octanol–water partition coefficient (Wildman–Crippen LogP) is 6.29.